The van der Waals surface area contributed by atoms with Gasteiger partial charge in [-0.2, -0.15) is 5.26 Å². The number of hydrogen-bond acceptors (Lipinski definition) is 5. The third-order valence-corrected chi connectivity index (χ3v) is 4.61. The third-order valence-electron chi connectivity index (χ3n) is 3.81. The van der Waals surface area contributed by atoms with E-state index >= 15 is 0 Å². The lowest BCUT2D eigenvalue weighted by atomic mass is 10.1. The van der Waals surface area contributed by atoms with E-state index in [2.05, 4.69) is 43.3 Å². The lowest BCUT2D eigenvalue weighted by Gasteiger charge is -2.31. The highest BCUT2D eigenvalue weighted by molar-refractivity contribution is 9.10. The zero-order valence-corrected chi connectivity index (χ0v) is 15.3. The van der Waals surface area contributed by atoms with Gasteiger partial charge in [-0.15, -0.1) is 0 Å². The number of nitriles is 1. The van der Waals surface area contributed by atoms with E-state index in [4.69, 9.17) is 21.6 Å². The standard InChI is InChI=1S/C17H16BrClN4O/c18-13-2-1-12(16(9-13)23-5-7-24-8-6-23)11-21-17-4-3-14(19)15(10-20)22-17/h1-4,9H,5-8,11H2,(H,21,22). The van der Waals surface area contributed by atoms with Crippen molar-refractivity contribution in [1.29, 1.82) is 5.26 Å². The summed E-state index contributed by atoms with van der Waals surface area (Å²) in [5.41, 5.74) is 2.57. The Morgan fingerprint density at radius 2 is 2.08 bits per heavy atom. The van der Waals surface area contributed by atoms with Gasteiger partial charge in [-0.3, -0.25) is 0 Å². The Morgan fingerprint density at radius 3 is 2.83 bits per heavy atom. The third kappa shape index (κ3) is 3.99. The number of aromatic nitrogens is 1. The van der Waals surface area contributed by atoms with Gasteiger partial charge >= 0.3 is 0 Å². The van der Waals surface area contributed by atoms with Crippen molar-refractivity contribution in [2.75, 3.05) is 36.5 Å². The quantitative estimate of drug-likeness (QED) is 0.835. The zero-order chi connectivity index (χ0) is 16.9. The van der Waals surface area contributed by atoms with Gasteiger partial charge in [0, 0.05) is 29.8 Å². The lowest BCUT2D eigenvalue weighted by Crippen LogP contribution is -2.36. The van der Waals surface area contributed by atoms with Gasteiger partial charge < -0.3 is 15.0 Å². The maximum Gasteiger partial charge on any atom is 0.161 e. The van der Waals surface area contributed by atoms with Crippen molar-refractivity contribution in [3.8, 4) is 6.07 Å². The first-order valence-corrected chi connectivity index (χ1v) is 8.76. The number of rotatable bonds is 4. The molecule has 0 amide bonds. The molecule has 1 saturated heterocycles. The fourth-order valence-electron chi connectivity index (χ4n) is 2.59. The Hall–Kier alpha value is -1.81. The molecule has 5 nitrogen and oxygen atoms in total. The van der Waals surface area contributed by atoms with Crippen LogP contribution >= 0.6 is 27.5 Å². The summed E-state index contributed by atoms with van der Waals surface area (Å²) in [5.74, 6) is 0.631. The van der Waals surface area contributed by atoms with Gasteiger partial charge in [-0.05, 0) is 29.8 Å². The largest absolute Gasteiger partial charge is 0.378 e. The SMILES string of the molecule is N#Cc1nc(NCc2ccc(Br)cc2N2CCOCC2)ccc1Cl. The van der Waals surface area contributed by atoms with Crippen LogP contribution in [0.4, 0.5) is 11.5 Å². The molecule has 3 rings (SSSR count). The number of benzene rings is 1. The number of nitrogens with zero attached hydrogens (tertiary/aromatic N) is 3. The number of morpholine rings is 1. The highest BCUT2D eigenvalue weighted by Crippen LogP contribution is 2.27. The molecule has 1 aliphatic heterocycles. The van der Waals surface area contributed by atoms with Gasteiger partial charge in [0.05, 0.1) is 18.2 Å². The number of halogens is 2. The molecule has 2 aromatic rings. The maximum absolute atomic E-state index is 9.02. The smallest absolute Gasteiger partial charge is 0.161 e. The summed E-state index contributed by atoms with van der Waals surface area (Å²) < 4.78 is 6.48. The average Bonchev–Trinajstić information content (AvgIpc) is 2.62. The molecule has 1 aliphatic rings. The van der Waals surface area contributed by atoms with Crippen LogP contribution in [0.15, 0.2) is 34.8 Å². The minimum absolute atomic E-state index is 0.228. The minimum atomic E-state index is 0.228. The lowest BCUT2D eigenvalue weighted by molar-refractivity contribution is 0.122. The highest BCUT2D eigenvalue weighted by atomic mass is 79.9. The van der Waals surface area contributed by atoms with Crippen LogP contribution in [0.3, 0.4) is 0 Å². The average molecular weight is 408 g/mol. The molecule has 0 aliphatic carbocycles. The molecule has 0 atom stereocenters. The number of hydrogen-bond donors (Lipinski definition) is 1. The summed E-state index contributed by atoms with van der Waals surface area (Å²) in [7, 11) is 0. The molecule has 24 heavy (non-hydrogen) atoms. The van der Waals surface area contributed by atoms with E-state index in [1.54, 1.807) is 12.1 Å². The molecule has 0 saturated carbocycles. The van der Waals surface area contributed by atoms with Gasteiger partial charge in [0.2, 0.25) is 0 Å². The van der Waals surface area contributed by atoms with E-state index in [1.165, 1.54) is 5.69 Å². The summed E-state index contributed by atoms with van der Waals surface area (Å²) in [6, 6.07) is 11.7. The van der Waals surface area contributed by atoms with Crippen LogP contribution in [0.25, 0.3) is 0 Å². The second-order valence-corrected chi connectivity index (χ2v) is 6.69. The van der Waals surface area contributed by atoms with Crippen molar-refractivity contribution in [3.63, 3.8) is 0 Å². The molecule has 0 radical (unpaired) electrons. The normalized spacial score (nSPS) is 14.3. The second kappa shape index (κ2) is 7.84. The number of nitrogens with one attached hydrogen (secondary N) is 1. The van der Waals surface area contributed by atoms with Crippen LogP contribution in [0.5, 0.6) is 0 Å². The summed E-state index contributed by atoms with van der Waals surface area (Å²) in [6.07, 6.45) is 0. The van der Waals surface area contributed by atoms with Crippen LogP contribution in [0.2, 0.25) is 5.02 Å². The van der Waals surface area contributed by atoms with E-state index in [9.17, 15) is 0 Å². The molecule has 1 N–H and O–H groups in total. The van der Waals surface area contributed by atoms with Crippen molar-refractivity contribution < 1.29 is 4.74 Å². The van der Waals surface area contributed by atoms with E-state index in [0.717, 1.165) is 36.3 Å². The molecule has 0 spiro atoms. The molecule has 1 aromatic carbocycles. The monoisotopic (exact) mass is 406 g/mol. The van der Waals surface area contributed by atoms with Crippen molar-refractivity contribution in [2.24, 2.45) is 0 Å². The topological polar surface area (TPSA) is 61.2 Å². The van der Waals surface area contributed by atoms with Gasteiger partial charge in [-0.25, -0.2) is 4.98 Å². The molecular weight excluding hydrogens is 392 g/mol. The van der Waals surface area contributed by atoms with Gasteiger partial charge in [0.15, 0.2) is 5.69 Å². The number of pyridine rings is 1. The van der Waals surface area contributed by atoms with Gasteiger partial charge in [0.1, 0.15) is 11.9 Å². The predicted octanol–water partition coefficient (Wildman–Crippen LogP) is 3.82. The van der Waals surface area contributed by atoms with Crippen LogP contribution in [0, 0.1) is 11.3 Å². The molecule has 1 aromatic heterocycles. The molecule has 2 heterocycles. The Morgan fingerprint density at radius 1 is 1.29 bits per heavy atom. The molecular formula is C17H16BrClN4O. The summed E-state index contributed by atoms with van der Waals surface area (Å²) >= 11 is 9.47. The molecule has 0 unspecified atom stereocenters. The molecule has 7 heteroatoms. The Bertz CT molecular complexity index is 772. The van der Waals surface area contributed by atoms with Crippen molar-refractivity contribution in [3.05, 3.63) is 51.1 Å². The number of ether oxygens (including phenoxy) is 1. The van der Waals surface area contributed by atoms with E-state index in [0.29, 0.717) is 17.4 Å². The number of anilines is 2. The maximum atomic E-state index is 9.02. The summed E-state index contributed by atoms with van der Waals surface area (Å²) in [6.45, 7) is 3.84. The first kappa shape index (κ1) is 17.0. The Balaban J connectivity index is 1.78. The molecule has 124 valence electrons. The minimum Gasteiger partial charge on any atom is -0.378 e. The summed E-state index contributed by atoms with van der Waals surface area (Å²) in [5, 5.41) is 12.7. The van der Waals surface area contributed by atoms with Gasteiger partial charge in [0.25, 0.3) is 0 Å². The predicted molar refractivity (Wildman–Crippen MR) is 98.5 cm³/mol. The first-order chi connectivity index (χ1) is 11.7. The van der Waals surface area contributed by atoms with Crippen LogP contribution in [-0.4, -0.2) is 31.3 Å². The van der Waals surface area contributed by atoms with E-state index in [1.807, 2.05) is 12.1 Å². The molecule has 1 fully saturated rings. The highest BCUT2D eigenvalue weighted by Gasteiger charge is 2.15. The zero-order valence-electron chi connectivity index (χ0n) is 12.9. The van der Waals surface area contributed by atoms with Gasteiger partial charge in [-0.1, -0.05) is 33.6 Å². The van der Waals surface area contributed by atoms with Crippen molar-refractivity contribution >= 4 is 39.0 Å². The van der Waals surface area contributed by atoms with Crippen LogP contribution < -0.4 is 10.2 Å². The van der Waals surface area contributed by atoms with Crippen LogP contribution in [-0.2, 0) is 11.3 Å². The summed E-state index contributed by atoms with van der Waals surface area (Å²) in [4.78, 5) is 6.54. The van der Waals surface area contributed by atoms with Crippen LogP contribution in [0.1, 0.15) is 11.3 Å². The van der Waals surface area contributed by atoms with E-state index < -0.39 is 0 Å². The Labute approximate surface area is 154 Å². The second-order valence-electron chi connectivity index (χ2n) is 5.36. The Kier molecular flexibility index (Phi) is 5.56. The van der Waals surface area contributed by atoms with Crippen molar-refractivity contribution in [2.45, 2.75) is 6.54 Å². The van der Waals surface area contributed by atoms with E-state index in [-0.39, 0.29) is 5.69 Å². The fraction of sp³-hybridized carbons (Fsp3) is 0.294. The molecule has 0 bridgehead atoms. The first-order valence-electron chi connectivity index (χ1n) is 7.59. The fourth-order valence-corrected chi connectivity index (χ4v) is 3.09. The van der Waals surface area contributed by atoms with Crippen molar-refractivity contribution in [1.82, 2.24) is 4.98 Å².